The molecule has 2 fully saturated rings. The number of fused-ring (bicyclic) bond motifs is 1. The molecule has 0 spiro atoms. The van der Waals surface area contributed by atoms with Crippen molar-refractivity contribution in [3.8, 4) is 17.6 Å². The second-order valence-electron chi connectivity index (χ2n) is 11.7. The molecule has 1 saturated carbocycles. The summed E-state index contributed by atoms with van der Waals surface area (Å²) < 4.78 is 51.0. The smallest absolute Gasteiger partial charge is 0.254 e. The Kier molecular flexibility index (Phi) is 8.03. The minimum absolute atomic E-state index is 0.0541. The summed E-state index contributed by atoms with van der Waals surface area (Å²) >= 11 is 0. The van der Waals surface area contributed by atoms with Gasteiger partial charge in [0.05, 0.1) is 17.7 Å². The van der Waals surface area contributed by atoms with Crippen molar-refractivity contribution >= 4 is 16.9 Å². The fourth-order valence-corrected chi connectivity index (χ4v) is 6.23. The Morgan fingerprint density at radius 1 is 1.20 bits per heavy atom. The highest BCUT2D eigenvalue weighted by molar-refractivity contribution is 5.97. The number of hydrogen-bond donors (Lipinski definition) is 2. The van der Waals surface area contributed by atoms with E-state index in [0.29, 0.717) is 35.9 Å². The number of hydrogen-bond acceptors (Lipinski definition) is 8. The van der Waals surface area contributed by atoms with E-state index in [4.69, 9.17) is 10.5 Å². The summed E-state index contributed by atoms with van der Waals surface area (Å²) in [6, 6.07) is 8.92. The predicted molar refractivity (Wildman–Crippen MR) is 158 cm³/mol. The number of carbonyl (C=O) groups is 1. The van der Waals surface area contributed by atoms with Crippen LogP contribution in [0.3, 0.4) is 0 Å². The minimum Gasteiger partial charge on any atom is -0.454 e. The van der Waals surface area contributed by atoms with E-state index in [1.54, 1.807) is 22.0 Å². The topological polar surface area (TPSA) is 135 Å². The molecule has 3 atom stereocenters. The van der Waals surface area contributed by atoms with Gasteiger partial charge in [0.2, 0.25) is 5.82 Å². The van der Waals surface area contributed by atoms with Gasteiger partial charge in [0, 0.05) is 54.0 Å². The van der Waals surface area contributed by atoms with Crippen LogP contribution in [0.4, 0.5) is 13.2 Å². The van der Waals surface area contributed by atoms with Crippen LogP contribution in [0.1, 0.15) is 50.8 Å². The first kappa shape index (κ1) is 30.2. The number of nitrogens with one attached hydrogen (secondary N) is 1. The summed E-state index contributed by atoms with van der Waals surface area (Å²) in [7, 11) is 0. The summed E-state index contributed by atoms with van der Waals surface area (Å²) in [5.41, 5.74) is 6.96. The van der Waals surface area contributed by atoms with Crippen LogP contribution in [-0.2, 0) is 4.79 Å². The Hall–Kier alpha value is -4.80. The van der Waals surface area contributed by atoms with Crippen LogP contribution in [-0.4, -0.2) is 54.7 Å². The molecule has 10 nitrogen and oxygen atoms in total. The normalized spacial score (nSPS) is 21.2. The van der Waals surface area contributed by atoms with E-state index in [2.05, 4.69) is 20.4 Å². The Morgan fingerprint density at radius 2 is 2.00 bits per heavy atom. The Bertz CT molecular complexity index is 1830. The molecule has 3 heterocycles. The largest absolute Gasteiger partial charge is 0.454 e. The van der Waals surface area contributed by atoms with Gasteiger partial charge >= 0.3 is 0 Å². The van der Waals surface area contributed by atoms with Crippen molar-refractivity contribution in [1.82, 2.24) is 30.0 Å². The number of allylic oxidation sites excluding steroid dienone is 1. The number of nitrogens with zero attached hydrogens (tertiary/aromatic N) is 6. The molecular weight excluding hydrogens is 585 g/mol. The zero-order valence-corrected chi connectivity index (χ0v) is 24.6. The first-order chi connectivity index (χ1) is 21.6. The third-order valence-corrected chi connectivity index (χ3v) is 8.32. The van der Waals surface area contributed by atoms with Gasteiger partial charge in [-0.05, 0) is 43.0 Å². The fourth-order valence-electron chi connectivity index (χ4n) is 6.23. The van der Waals surface area contributed by atoms with Gasteiger partial charge in [-0.3, -0.25) is 4.79 Å². The quantitative estimate of drug-likeness (QED) is 0.212. The third-order valence-electron chi connectivity index (χ3n) is 8.32. The lowest BCUT2D eigenvalue weighted by Crippen LogP contribution is -2.54. The second-order valence-corrected chi connectivity index (χ2v) is 11.7. The highest BCUT2D eigenvalue weighted by Gasteiger charge is 2.52. The summed E-state index contributed by atoms with van der Waals surface area (Å²) in [4.78, 5) is 24.5. The monoisotopic (exact) mass is 616 g/mol. The van der Waals surface area contributed by atoms with Crippen molar-refractivity contribution in [2.75, 3.05) is 6.54 Å². The van der Waals surface area contributed by atoms with Crippen molar-refractivity contribution in [2.45, 2.75) is 62.8 Å². The van der Waals surface area contributed by atoms with Crippen LogP contribution in [0.2, 0.25) is 0 Å². The van der Waals surface area contributed by atoms with E-state index in [1.807, 2.05) is 19.9 Å². The SMILES string of the molecule is CC(C)NC1(C(=CC#N)C(=O)N2CCC(N)C(c3ccc(Oc4cccc(F)c4F)cc3F)C2n2ncc3cncnc32)CC1. The summed E-state index contributed by atoms with van der Waals surface area (Å²) in [5.74, 6) is -4.66. The van der Waals surface area contributed by atoms with Gasteiger partial charge in [-0.15, -0.1) is 0 Å². The average Bonchev–Trinajstić information content (AvgIpc) is 3.65. The molecule has 0 bridgehead atoms. The molecule has 2 aromatic carbocycles. The Morgan fingerprint density at radius 3 is 2.71 bits per heavy atom. The standard InChI is InChI=1S/C32H31F3N8O2/c1-18(2)41-32(10-11-32)22(8-12-36)31(44)42-13-9-25(37)27(30(42)43-29-19(16-40-43)15-38-17-39-29)21-7-6-20(14-24(21)34)45-26-5-3-4-23(33)28(26)35/h3-8,14-18,25,27,30,41H,9-11,13,37H2,1-2H3. The van der Waals surface area contributed by atoms with E-state index >= 15 is 4.39 Å². The molecule has 4 aromatic rings. The number of nitriles is 1. The number of carbonyl (C=O) groups excluding carboxylic acids is 1. The van der Waals surface area contributed by atoms with Crippen LogP contribution in [0.5, 0.6) is 11.5 Å². The molecular formula is C32H31F3N8O2. The molecule has 2 aromatic heterocycles. The molecule has 1 aliphatic heterocycles. The van der Waals surface area contributed by atoms with Gasteiger partial charge in [0.25, 0.3) is 5.91 Å². The molecule has 1 amide bonds. The average molecular weight is 617 g/mol. The van der Waals surface area contributed by atoms with E-state index in [1.165, 1.54) is 36.7 Å². The number of nitrogens with two attached hydrogens (primary N) is 1. The highest BCUT2D eigenvalue weighted by atomic mass is 19.2. The maximum Gasteiger partial charge on any atom is 0.254 e. The van der Waals surface area contributed by atoms with Crippen LogP contribution in [0, 0.1) is 28.8 Å². The zero-order chi connectivity index (χ0) is 31.9. The highest BCUT2D eigenvalue weighted by Crippen LogP contribution is 2.47. The van der Waals surface area contributed by atoms with Gasteiger partial charge in [0.1, 0.15) is 24.1 Å². The van der Waals surface area contributed by atoms with Crippen molar-refractivity contribution in [1.29, 1.82) is 5.26 Å². The molecule has 3 unspecified atom stereocenters. The number of likely N-dealkylation sites (tertiary alicyclic amines) is 1. The van der Waals surface area contributed by atoms with E-state index in [9.17, 15) is 18.8 Å². The van der Waals surface area contributed by atoms with Crippen LogP contribution in [0.15, 0.2) is 66.8 Å². The summed E-state index contributed by atoms with van der Waals surface area (Å²) in [6.45, 7) is 4.17. The zero-order valence-electron chi connectivity index (χ0n) is 24.6. The molecule has 1 saturated heterocycles. The van der Waals surface area contributed by atoms with Crippen molar-refractivity contribution in [2.24, 2.45) is 5.73 Å². The van der Waals surface area contributed by atoms with Crippen molar-refractivity contribution < 1.29 is 22.7 Å². The van der Waals surface area contributed by atoms with E-state index < -0.39 is 46.9 Å². The lowest BCUT2D eigenvalue weighted by molar-refractivity contribution is -0.135. The number of piperidine rings is 1. The predicted octanol–water partition coefficient (Wildman–Crippen LogP) is 4.86. The number of ether oxygens (including phenoxy) is 1. The van der Waals surface area contributed by atoms with Crippen molar-refractivity contribution in [3.63, 3.8) is 0 Å². The fraction of sp³-hybridized carbons (Fsp3) is 0.344. The third kappa shape index (κ3) is 5.63. The van der Waals surface area contributed by atoms with Crippen LogP contribution < -0.4 is 15.8 Å². The first-order valence-electron chi connectivity index (χ1n) is 14.6. The molecule has 3 N–H and O–H groups in total. The number of rotatable bonds is 8. The van der Waals surface area contributed by atoms with E-state index in [0.717, 1.165) is 12.1 Å². The van der Waals surface area contributed by atoms with Gasteiger partial charge in [0.15, 0.2) is 17.2 Å². The molecule has 6 rings (SSSR count). The lowest BCUT2D eigenvalue weighted by Gasteiger charge is -2.45. The van der Waals surface area contributed by atoms with Gasteiger partial charge in [-0.25, -0.2) is 23.4 Å². The molecule has 0 radical (unpaired) electrons. The van der Waals surface area contributed by atoms with Gasteiger partial charge in [-0.2, -0.15) is 14.8 Å². The maximum atomic E-state index is 16.0. The Balaban J connectivity index is 1.43. The van der Waals surface area contributed by atoms with Gasteiger partial charge in [-0.1, -0.05) is 26.0 Å². The summed E-state index contributed by atoms with van der Waals surface area (Å²) in [6.07, 6.45) is 6.55. The van der Waals surface area contributed by atoms with Crippen molar-refractivity contribution in [3.05, 3.63) is 89.8 Å². The number of amides is 1. The molecule has 232 valence electrons. The lowest BCUT2D eigenvalue weighted by atomic mass is 9.82. The number of aromatic nitrogens is 4. The Labute approximate surface area is 257 Å². The minimum atomic E-state index is -1.19. The van der Waals surface area contributed by atoms with Crippen LogP contribution in [0.25, 0.3) is 11.0 Å². The molecule has 1 aliphatic carbocycles. The number of halogens is 3. The second kappa shape index (κ2) is 11.9. The summed E-state index contributed by atoms with van der Waals surface area (Å²) in [5, 5.41) is 18.3. The van der Waals surface area contributed by atoms with Crippen LogP contribution >= 0.6 is 0 Å². The molecule has 45 heavy (non-hydrogen) atoms. The first-order valence-corrected chi connectivity index (χ1v) is 14.6. The maximum absolute atomic E-state index is 16.0. The molecule has 13 heteroatoms. The molecule has 2 aliphatic rings. The van der Waals surface area contributed by atoms with E-state index in [-0.39, 0.29) is 29.8 Å². The number of benzene rings is 2. The van der Waals surface area contributed by atoms with Gasteiger partial charge < -0.3 is 20.7 Å².